The predicted molar refractivity (Wildman–Crippen MR) is 93.1 cm³/mol. The number of hydrogen-bond acceptors (Lipinski definition) is 3. The SMILES string of the molecule is CC(C)c1cc(C(=O)N2CC(=O)N(C(C)C)C(C)(C)C2)cc(=O)[nH]1. The summed E-state index contributed by atoms with van der Waals surface area (Å²) in [6, 6.07) is 3.10. The third kappa shape index (κ3) is 3.52. The topological polar surface area (TPSA) is 73.5 Å². The lowest BCUT2D eigenvalue weighted by Gasteiger charge is -2.48. The van der Waals surface area contributed by atoms with E-state index in [1.165, 1.54) is 6.07 Å². The monoisotopic (exact) mass is 333 g/mol. The molecule has 0 aliphatic carbocycles. The van der Waals surface area contributed by atoms with Crippen LogP contribution in [0.25, 0.3) is 0 Å². The van der Waals surface area contributed by atoms with Crippen molar-refractivity contribution in [1.82, 2.24) is 14.8 Å². The molecule has 1 aromatic rings. The maximum Gasteiger partial charge on any atom is 0.254 e. The fraction of sp³-hybridized carbons (Fsp3) is 0.611. The molecule has 1 saturated heterocycles. The van der Waals surface area contributed by atoms with Crippen molar-refractivity contribution >= 4 is 11.8 Å². The number of H-pyrrole nitrogens is 1. The van der Waals surface area contributed by atoms with E-state index >= 15 is 0 Å². The van der Waals surface area contributed by atoms with Crippen LogP contribution in [0.4, 0.5) is 0 Å². The molecule has 2 heterocycles. The fourth-order valence-corrected chi connectivity index (χ4v) is 3.49. The minimum absolute atomic E-state index is 0.0459. The van der Waals surface area contributed by atoms with E-state index in [9.17, 15) is 14.4 Å². The maximum absolute atomic E-state index is 12.8. The molecule has 1 N–H and O–H groups in total. The fourth-order valence-electron chi connectivity index (χ4n) is 3.49. The van der Waals surface area contributed by atoms with Gasteiger partial charge in [0.2, 0.25) is 11.5 Å². The van der Waals surface area contributed by atoms with Gasteiger partial charge in [-0.3, -0.25) is 14.4 Å². The van der Waals surface area contributed by atoms with Crippen molar-refractivity contribution in [1.29, 1.82) is 0 Å². The van der Waals surface area contributed by atoms with Crippen molar-refractivity contribution in [3.8, 4) is 0 Å². The van der Waals surface area contributed by atoms with Crippen LogP contribution in [0, 0.1) is 0 Å². The predicted octanol–water partition coefficient (Wildman–Crippen LogP) is 1.97. The first kappa shape index (κ1) is 18.2. The van der Waals surface area contributed by atoms with Gasteiger partial charge in [-0.05, 0) is 39.7 Å². The van der Waals surface area contributed by atoms with E-state index in [1.54, 1.807) is 11.0 Å². The highest BCUT2D eigenvalue weighted by atomic mass is 16.2. The second-order valence-corrected chi connectivity index (χ2v) is 7.67. The first-order valence-corrected chi connectivity index (χ1v) is 8.38. The molecule has 0 saturated carbocycles. The molecule has 132 valence electrons. The average Bonchev–Trinajstić information content (AvgIpc) is 2.43. The molecule has 1 aliphatic rings. The van der Waals surface area contributed by atoms with Crippen LogP contribution in [-0.2, 0) is 4.79 Å². The zero-order chi connectivity index (χ0) is 18.2. The van der Waals surface area contributed by atoms with E-state index in [2.05, 4.69) is 4.98 Å². The molecule has 24 heavy (non-hydrogen) atoms. The molecule has 6 heteroatoms. The van der Waals surface area contributed by atoms with Gasteiger partial charge < -0.3 is 14.8 Å². The maximum atomic E-state index is 12.8. The summed E-state index contributed by atoms with van der Waals surface area (Å²) in [5.41, 5.74) is 0.318. The third-order valence-corrected chi connectivity index (χ3v) is 4.36. The Kier molecular flexibility index (Phi) is 4.87. The second kappa shape index (κ2) is 6.42. The van der Waals surface area contributed by atoms with E-state index in [4.69, 9.17) is 0 Å². The average molecular weight is 333 g/mol. The van der Waals surface area contributed by atoms with Gasteiger partial charge in [0.15, 0.2) is 0 Å². The zero-order valence-corrected chi connectivity index (χ0v) is 15.3. The van der Waals surface area contributed by atoms with Crippen LogP contribution in [0.15, 0.2) is 16.9 Å². The molecule has 0 aromatic carbocycles. The molecule has 1 fully saturated rings. The Labute approximate surface area is 142 Å². The van der Waals surface area contributed by atoms with E-state index in [0.717, 1.165) is 5.69 Å². The molecule has 0 radical (unpaired) electrons. The minimum Gasteiger partial charge on any atom is -0.332 e. The summed E-state index contributed by atoms with van der Waals surface area (Å²) >= 11 is 0. The highest BCUT2D eigenvalue weighted by Gasteiger charge is 2.41. The normalized spacial score (nSPS) is 17.8. The standard InChI is InChI=1S/C18H27N3O3/c1-11(2)14-7-13(8-15(22)19-14)17(24)20-9-16(23)21(12(3)4)18(5,6)10-20/h7-8,11-12H,9-10H2,1-6H3,(H,19,22). The zero-order valence-electron chi connectivity index (χ0n) is 15.3. The number of carbonyl (C=O) groups is 2. The van der Waals surface area contributed by atoms with Crippen LogP contribution in [0.2, 0.25) is 0 Å². The Bertz CT molecular complexity index is 704. The van der Waals surface area contributed by atoms with Crippen LogP contribution >= 0.6 is 0 Å². The highest BCUT2D eigenvalue weighted by Crippen LogP contribution is 2.25. The van der Waals surface area contributed by atoms with Gasteiger partial charge in [0.05, 0.1) is 5.54 Å². The Hall–Kier alpha value is -2.11. The summed E-state index contributed by atoms with van der Waals surface area (Å²) in [4.78, 5) is 43.3. The molecule has 0 atom stereocenters. The third-order valence-electron chi connectivity index (χ3n) is 4.36. The molecule has 2 rings (SSSR count). The van der Waals surface area contributed by atoms with Gasteiger partial charge in [0.1, 0.15) is 6.54 Å². The molecular formula is C18H27N3O3. The van der Waals surface area contributed by atoms with Gasteiger partial charge in [-0.1, -0.05) is 13.8 Å². The highest BCUT2D eigenvalue weighted by molar-refractivity contribution is 5.97. The first-order chi connectivity index (χ1) is 11.0. The van der Waals surface area contributed by atoms with Gasteiger partial charge >= 0.3 is 0 Å². The Morgan fingerprint density at radius 2 is 1.79 bits per heavy atom. The van der Waals surface area contributed by atoms with E-state index in [1.807, 2.05) is 46.4 Å². The number of aromatic nitrogens is 1. The van der Waals surface area contributed by atoms with Crippen molar-refractivity contribution in [3.05, 3.63) is 33.7 Å². The lowest BCUT2D eigenvalue weighted by atomic mass is 9.95. The van der Waals surface area contributed by atoms with Gasteiger partial charge in [-0.2, -0.15) is 0 Å². The Morgan fingerprint density at radius 1 is 1.17 bits per heavy atom. The summed E-state index contributed by atoms with van der Waals surface area (Å²) in [6.07, 6.45) is 0. The Balaban J connectivity index is 2.32. The molecule has 6 nitrogen and oxygen atoms in total. The molecule has 0 spiro atoms. The smallest absolute Gasteiger partial charge is 0.254 e. The van der Waals surface area contributed by atoms with Gasteiger partial charge in [0.25, 0.3) is 5.91 Å². The molecular weight excluding hydrogens is 306 g/mol. The number of nitrogens with one attached hydrogen (secondary N) is 1. The number of piperazine rings is 1. The van der Waals surface area contributed by atoms with Gasteiger partial charge in [-0.15, -0.1) is 0 Å². The number of nitrogens with zero attached hydrogens (tertiary/aromatic N) is 2. The van der Waals surface area contributed by atoms with Crippen molar-refractivity contribution < 1.29 is 9.59 Å². The molecule has 0 bridgehead atoms. The number of rotatable bonds is 3. The number of hydrogen-bond donors (Lipinski definition) is 1. The summed E-state index contributed by atoms with van der Waals surface area (Å²) in [7, 11) is 0. The molecule has 1 aliphatic heterocycles. The number of pyridine rings is 1. The van der Waals surface area contributed by atoms with Crippen LogP contribution < -0.4 is 5.56 Å². The summed E-state index contributed by atoms with van der Waals surface area (Å²) < 4.78 is 0. The number of carbonyl (C=O) groups excluding carboxylic acids is 2. The molecule has 0 unspecified atom stereocenters. The van der Waals surface area contributed by atoms with E-state index < -0.39 is 5.54 Å². The number of aromatic amines is 1. The molecule has 1 aromatic heterocycles. The van der Waals surface area contributed by atoms with Gasteiger partial charge in [-0.25, -0.2) is 0 Å². The number of amides is 2. The summed E-state index contributed by atoms with van der Waals surface area (Å²) in [6.45, 7) is 12.3. The second-order valence-electron chi connectivity index (χ2n) is 7.67. The largest absolute Gasteiger partial charge is 0.332 e. The summed E-state index contributed by atoms with van der Waals surface area (Å²) in [5.74, 6) is -0.224. The quantitative estimate of drug-likeness (QED) is 0.919. The van der Waals surface area contributed by atoms with E-state index in [-0.39, 0.29) is 35.9 Å². The first-order valence-electron chi connectivity index (χ1n) is 8.38. The van der Waals surface area contributed by atoms with Crippen molar-refractivity contribution in [2.45, 2.75) is 59.0 Å². The lowest BCUT2D eigenvalue weighted by Crippen LogP contribution is -2.64. The van der Waals surface area contributed by atoms with Crippen molar-refractivity contribution in [2.75, 3.05) is 13.1 Å². The Morgan fingerprint density at radius 3 is 2.29 bits per heavy atom. The van der Waals surface area contributed by atoms with Crippen LogP contribution in [0.5, 0.6) is 0 Å². The molecule has 2 amide bonds. The van der Waals surface area contributed by atoms with Crippen molar-refractivity contribution in [2.24, 2.45) is 0 Å². The van der Waals surface area contributed by atoms with Crippen LogP contribution in [-0.4, -0.2) is 51.3 Å². The summed E-state index contributed by atoms with van der Waals surface area (Å²) in [5, 5.41) is 0. The minimum atomic E-state index is -0.443. The lowest BCUT2D eigenvalue weighted by molar-refractivity contribution is -0.146. The van der Waals surface area contributed by atoms with Gasteiger partial charge in [0, 0.05) is 29.9 Å². The van der Waals surface area contributed by atoms with Crippen molar-refractivity contribution in [3.63, 3.8) is 0 Å². The van der Waals surface area contributed by atoms with E-state index in [0.29, 0.717) is 12.1 Å². The van der Waals surface area contributed by atoms with Crippen LogP contribution in [0.3, 0.4) is 0 Å². The van der Waals surface area contributed by atoms with Crippen LogP contribution in [0.1, 0.15) is 63.5 Å².